The van der Waals surface area contributed by atoms with Crippen LogP contribution in [0, 0.1) is 10.1 Å². The van der Waals surface area contributed by atoms with E-state index >= 15 is 0 Å². The zero-order valence-corrected chi connectivity index (χ0v) is 12.3. The number of nitro benzene ring substituents is 1. The first-order valence-corrected chi connectivity index (χ1v) is 6.33. The van der Waals surface area contributed by atoms with Gasteiger partial charge in [0.1, 0.15) is 5.69 Å². The molecule has 8 heteroatoms. The number of nitro groups is 1. The highest BCUT2D eigenvalue weighted by molar-refractivity contribution is 6.34. The van der Waals surface area contributed by atoms with Crippen molar-refractivity contribution in [1.82, 2.24) is 10.2 Å². The smallest absolute Gasteiger partial charge is 0.294 e. The van der Waals surface area contributed by atoms with Crippen LogP contribution in [0.25, 0.3) is 0 Å². The third-order valence-corrected chi connectivity index (χ3v) is 2.92. The number of hydrogen-bond acceptors (Lipinski definition) is 5. The molecule has 1 aromatic carbocycles. The molecule has 110 valence electrons. The Hall–Kier alpha value is -1.86. The number of likely N-dealkylation sites (N-methyl/N-ethyl adjacent to an activating group) is 1. The molecule has 0 atom stereocenters. The molecule has 20 heavy (non-hydrogen) atoms. The molecule has 0 spiro atoms. The summed E-state index contributed by atoms with van der Waals surface area (Å²) < 4.78 is 0. The molecule has 1 rings (SSSR count). The number of amides is 1. The summed E-state index contributed by atoms with van der Waals surface area (Å²) in [5.74, 6) is -0.389. The van der Waals surface area contributed by atoms with E-state index in [9.17, 15) is 14.9 Å². The molecule has 0 aliphatic rings. The third kappa shape index (κ3) is 4.07. The van der Waals surface area contributed by atoms with Crippen LogP contribution < -0.4 is 10.6 Å². The van der Waals surface area contributed by atoms with Crippen molar-refractivity contribution in [2.24, 2.45) is 0 Å². The molecule has 1 aromatic rings. The Morgan fingerprint density at radius 2 is 2.10 bits per heavy atom. The van der Waals surface area contributed by atoms with Gasteiger partial charge in [-0.3, -0.25) is 14.9 Å². The fraction of sp³-hybridized carbons (Fsp3) is 0.417. The van der Waals surface area contributed by atoms with Gasteiger partial charge >= 0.3 is 0 Å². The quantitative estimate of drug-likeness (QED) is 0.615. The van der Waals surface area contributed by atoms with Gasteiger partial charge in [-0.15, -0.1) is 0 Å². The van der Waals surface area contributed by atoms with Crippen LogP contribution in [0.1, 0.15) is 10.4 Å². The molecular weight excluding hydrogens is 284 g/mol. The zero-order valence-electron chi connectivity index (χ0n) is 11.6. The van der Waals surface area contributed by atoms with E-state index in [1.807, 2.05) is 19.0 Å². The van der Waals surface area contributed by atoms with Gasteiger partial charge in [0.2, 0.25) is 0 Å². The Balaban J connectivity index is 2.96. The lowest BCUT2D eigenvalue weighted by molar-refractivity contribution is -0.383. The van der Waals surface area contributed by atoms with Crippen molar-refractivity contribution in [1.29, 1.82) is 0 Å². The van der Waals surface area contributed by atoms with Crippen molar-refractivity contribution in [2.75, 3.05) is 39.5 Å². The van der Waals surface area contributed by atoms with E-state index in [-0.39, 0.29) is 27.9 Å². The van der Waals surface area contributed by atoms with Gasteiger partial charge in [-0.25, -0.2) is 0 Å². The standard InChI is InChI=1S/C12H17ClN4O3/c1-14-11-9(13)6-8(7-10(11)17(19)20)12(18)15-4-5-16(2)3/h6-7,14H,4-5H2,1-3H3,(H,15,18). The molecule has 0 radical (unpaired) electrons. The van der Waals surface area contributed by atoms with Gasteiger partial charge in [-0.05, 0) is 20.2 Å². The summed E-state index contributed by atoms with van der Waals surface area (Å²) >= 11 is 5.95. The van der Waals surface area contributed by atoms with Gasteiger partial charge in [0, 0.05) is 31.8 Å². The molecule has 1 amide bonds. The van der Waals surface area contributed by atoms with Crippen LogP contribution in [0.5, 0.6) is 0 Å². The Bertz CT molecular complexity index is 520. The summed E-state index contributed by atoms with van der Waals surface area (Å²) in [6.45, 7) is 1.13. The van der Waals surface area contributed by atoms with Crippen molar-refractivity contribution in [3.05, 3.63) is 32.8 Å². The monoisotopic (exact) mass is 300 g/mol. The predicted molar refractivity (Wildman–Crippen MR) is 78.5 cm³/mol. The molecular formula is C12H17ClN4O3. The second-order valence-corrected chi connectivity index (χ2v) is 4.83. The lowest BCUT2D eigenvalue weighted by atomic mass is 10.1. The Labute approximate surface area is 122 Å². The molecule has 0 saturated carbocycles. The highest BCUT2D eigenvalue weighted by Crippen LogP contribution is 2.33. The average molecular weight is 301 g/mol. The maximum atomic E-state index is 11.9. The Morgan fingerprint density at radius 1 is 1.45 bits per heavy atom. The van der Waals surface area contributed by atoms with Crippen molar-refractivity contribution >= 4 is 28.9 Å². The summed E-state index contributed by atoms with van der Waals surface area (Å²) in [4.78, 5) is 24.2. The second kappa shape index (κ2) is 7.06. The molecule has 0 aliphatic heterocycles. The largest absolute Gasteiger partial charge is 0.381 e. The van der Waals surface area contributed by atoms with E-state index in [4.69, 9.17) is 11.6 Å². The zero-order chi connectivity index (χ0) is 15.3. The number of anilines is 1. The Kier molecular flexibility index (Phi) is 5.72. The van der Waals surface area contributed by atoms with Crippen molar-refractivity contribution in [2.45, 2.75) is 0 Å². The molecule has 0 aromatic heterocycles. The number of nitrogens with zero attached hydrogens (tertiary/aromatic N) is 2. The number of rotatable bonds is 6. The number of halogens is 1. The highest BCUT2D eigenvalue weighted by atomic mass is 35.5. The maximum absolute atomic E-state index is 11.9. The highest BCUT2D eigenvalue weighted by Gasteiger charge is 2.20. The molecule has 7 nitrogen and oxygen atoms in total. The fourth-order valence-electron chi connectivity index (χ4n) is 1.61. The van der Waals surface area contributed by atoms with Crippen LogP contribution in [0.3, 0.4) is 0 Å². The van der Waals surface area contributed by atoms with E-state index in [1.54, 1.807) is 0 Å². The third-order valence-electron chi connectivity index (χ3n) is 2.62. The van der Waals surface area contributed by atoms with Crippen molar-refractivity contribution < 1.29 is 9.72 Å². The number of hydrogen-bond donors (Lipinski definition) is 2. The van der Waals surface area contributed by atoms with Gasteiger partial charge < -0.3 is 15.5 Å². The van der Waals surface area contributed by atoms with Crippen LogP contribution in [0.2, 0.25) is 5.02 Å². The van der Waals surface area contributed by atoms with Crippen molar-refractivity contribution in [3.8, 4) is 0 Å². The molecule has 0 aliphatic carbocycles. The first kappa shape index (κ1) is 16.2. The van der Waals surface area contributed by atoms with Crippen molar-refractivity contribution in [3.63, 3.8) is 0 Å². The van der Waals surface area contributed by atoms with Crippen LogP contribution in [0.15, 0.2) is 12.1 Å². The van der Waals surface area contributed by atoms with E-state index in [1.165, 1.54) is 19.2 Å². The van der Waals surface area contributed by atoms with Crippen LogP contribution in [-0.2, 0) is 0 Å². The molecule has 0 fully saturated rings. The molecule has 0 heterocycles. The molecule has 0 saturated heterocycles. The summed E-state index contributed by atoms with van der Waals surface area (Å²) in [6.07, 6.45) is 0. The predicted octanol–water partition coefficient (Wildman–Crippen LogP) is 1.58. The van der Waals surface area contributed by atoms with Gasteiger partial charge in [-0.1, -0.05) is 11.6 Å². The van der Waals surface area contributed by atoms with E-state index < -0.39 is 4.92 Å². The second-order valence-electron chi connectivity index (χ2n) is 4.42. The number of carbonyl (C=O) groups is 1. The summed E-state index contributed by atoms with van der Waals surface area (Å²) in [7, 11) is 5.30. The first-order valence-electron chi connectivity index (χ1n) is 5.95. The minimum atomic E-state index is -0.575. The summed E-state index contributed by atoms with van der Waals surface area (Å²) in [5.41, 5.74) is 0.138. The summed E-state index contributed by atoms with van der Waals surface area (Å²) in [6, 6.07) is 2.62. The maximum Gasteiger partial charge on any atom is 0.294 e. The molecule has 0 bridgehead atoms. The summed E-state index contributed by atoms with van der Waals surface area (Å²) in [5, 5.41) is 16.5. The van der Waals surface area contributed by atoms with Gasteiger partial charge in [0.25, 0.3) is 11.6 Å². The van der Waals surface area contributed by atoms with Crippen LogP contribution in [-0.4, -0.2) is 50.0 Å². The van der Waals surface area contributed by atoms with E-state index in [0.29, 0.717) is 13.1 Å². The molecule has 2 N–H and O–H groups in total. The van der Waals surface area contributed by atoms with Gasteiger partial charge in [0.05, 0.1) is 9.95 Å². The number of carbonyl (C=O) groups excluding carboxylic acids is 1. The topological polar surface area (TPSA) is 87.5 Å². The lowest BCUT2D eigenvalue weighted by Crippen LogP contribution is -2.31. The average Bonchev–Trinajstić information content (AvgIpc) is 2.36. The van der Waals surface area contributed by atoms with E-state index in [2.05, 4.69) is 10.6 Å². The fourth-order valence-corrected chi connectivity index (χ4v) is 1.92. The minimum Gasteiger partial charge on any atom is -0.381 e. The minimum absolute atomic E-state index is 0.138. The number of benzene rings is 1. The first-order chi connectivity index (χ1) is 9.36. The SMILES string of the molecule is CNc1c(Cl)cc(C(=O)NCCN(C)C)cc1[N+](=O)[O-]. The Morgan fingerprint density at radius 3 is 2.60 bits per heavy atom. The molecule has 0 unspecified atom stereocenters. The van der Waals surface area contributed by atoms with Crippen LogP contribution >= 0.6 is 11.6 Å². The van der Waals surface area contributed by atoms with Crippen LogP contribution in [0.4, 0.5) is 11.4 Å². The number of nitrogens with one attached hydrogen (secondary N) is 2. The van der Waals surface area contributed by atoms with Gasteiger partial charge in [0.15, 0.2) is 0 Å². The normalized spacial score (nSPS) is 10.4. The van der Waals surface area contributed by atoms with Gasteiger partial charge in [-0.2, -0.15) is 0 Å². The van der Waals surface area contributed by atoms with E-state index in [0.717, 1.165) is 0 Å². The lowest BCUT2D eigenvalue weighted by Gasteiger charge is -2.11.